The Morgan fingerprint density at radius 2 is 1.89 bits per heavy atom. The molecule has 2 aliphatic rings. The van der Waals surface area contributed by atoms with Crippen molar-refractivity contribution in [2.75, 3.05) is 58.6 Å². The number of nitrogens with zero attached hydrogens (tertiary/aromatic N) is 3. The van der Waals surface area contributed by atoms with Gasteiger partial charge in [0.15, 0.2) is 5.96 Å². The van der Waals surface area contributed by atoms with Gasteiger partial charge in [-0.2, -0.15) is 0 Å². The Labute approximate surface area is 182 Å². The van der Waals surface area contributed by atoms with Gasteiger partial charge in [0.1, 0.15) is 0 Å². The maximum atomic E-state index is 12.1. The molecule has 0 spiro atoms. The molecule has 7 nitrogen and oxygen atoms in total. The van der Waals surface area contributed by atoms with Crippen LogP contribution in [-0.2, 0) is 10.0 Å². The molecule has 0 aromatic carbocycles. The first kappa shape index (κ1) is 24.9. The Morgan fingerprint density at radius 1 is 1.19 bits per heavy atom. The van der Waals surface area contributed by atoms with Gasteiger partial charge in [0, 0.05) is 39.8 Å². The minimum absolute atomic E-state index is 0. The van der Waals surface area contributed by atoms with Crippen molar-refractivity contribution < 1.29 is 8.42 Å². The van der Waals surface area contributed by atoms with Gasteiger partial charge in [0.05, 0.1) is 5.75 Å². The number of hydrogen-bond acceptors (Lipinski definition) is 4. The van der Waals surface area contributed by atoms with Crippen molar-refractivity contribution in [3.63, 3.8) is 0 Å². The molecule has 0 aromatic heterocycles. The lowest BCUT2D eigenvalue weighted by atomic mass is 9.86. The minimum atomic E-state index is -3.21. The highest BCUT2D eigenvalue weighted by Crippen LogP contribution is 2.25. The Balaban J connectivity index is 0.00000364. The lowest BCUT2D eigenvalue weighted by Crippen LogP contribution is -2.44. The minimum Gasteiger partial charge on any atom is -0.355 e. The van der Waals surface area contributed by atoms with E-state index in [1.54, 1.807) is 7.05 Å². The monoisotopic (exact) mass is 515 g/mol. The van der Waals surface area contributed by atoms with Crippen LogP contribution in [0.25, 0.3) is 0 Å². The van der Waals surface area contributed by atoms with Gasteiger partial charge in [-0.15, -0.1) is 24.0 Å². The van der Waals surface area contributed by atoms with E-state index in [-0.39, 0.29) is 29.7 Å². The van der Waals surface area contributed by atoms with Crippen LogP contribution in [0.3, 0.4) is 0 Å². The van der Waals surface area contributed by atoms with Crippen LogP contribution in [0.5, 0.6) is 0 Å². The summed E-state index contributed by atoms with van der Waals surface area (Å²) in [7, 11) is -1.44. The van der Waals surface area contributed by atoms with E-state index in [0.717, 1.165) is 51.5 Å². The third-order valence-electron chi connectivity index (χ3n) is 5.68. The van der Waals surface area contributed by atoms with Crippen LogP contribution in [0.15, 0.2) is 4.99 Å². The zero-order valence-electron chi connectivity index (χ0n) is 17.1. The number of sulfonamides is 1. The van der Waals surface area contributed by atoms with E-state index in [9.17, 15) is 8.42 Å². The van der Waals surface area contributed by atoms with E-state index in [1.807, 2.05) is 0 Å². The molecular formula is C18H38IN5O2S. The Bertz CT molecular complexity index is 550. The fourth-order valence-corrected chi connectivity index (χ4v) is 4.67. The van der Waals surface area contributed by atoms with E-state index < -0.39 is 10.0 Å². The number of nitrogens with one attached hydrogen (secondary N) is 2. The molecule has 1 unspecified atom stereocenters. The molecule has 0 bridgehead atoms. The zero-order valence-corrected chi connectivity index (χ0v) is 20.3. The van der Waals surface area contributed by atoms with Crippen LogP contribution in [0.1, 0.15) is 39.5 Å². The van der Waals surface area contributed by atoms with Gasteiger partial charge in [-0.3, -0.25) is 4.99 Å². The SMILES string of the molecule is CCN(CC)CC1CCN(C(=NC)NCCS(=O)(=O)NCC2CCC2)C1.I. The van der Waals surface area contributed by atoms with Crippen molar-refractivity contribution in [3.8, 4) is 0 Å². The molecule has 1 saturated carbocycles. The molecular weight excluding hydrogens is 477 g/mol. The van der Waals surface area contributed by atoms with Crippen molar-refractivity contribution in [1.82, 2.24) is 19.8 Å². The molecule has 2 rings (SSSR count). The van der Waals surface area contributed by atoms with Gasteiger partial charge < -0.3 is 15.1 Å². The van der Waals surface area contributed by atoms with Gasteiger partial charge in [-0.25, -0.2) is 13.1 Å². The van der Waals surface area contributed by atoms with E-state index in [0.29, 0.717) is 24.9 Å². The number of likely N-dealkylation sites (tertiary alicyclic amines) is 1. The molecule has 1 aliphatic carbocycles. The predicted octanol–water partition coefficient (Wildman–Crippen LogP) is 1.56. The summed E-state index contributed by atoms with van der Waals surface area (Å²) >= 11 is 0. The van der Waals surface area contributed by atoms with E-state index >= 15 is 0 Å². The standard InChI is InChI=1S/C18H37N5O2S.HI/c1-4-22(5-2)14-17-9-11-23(15-17)18(19-3)20-10-12-26(24,25)21-13-16-7-6-8-16;/h16-17,21H,4-15H2,1-3H3,(H,19,20);1H. The molecule has 1 heterocycles. The van der Waals surface area contributed by atoms with Crippen LogP contribution >= 0.6 is 24.0 Å². The average Bonchev–Trinajstić information content (AvgIpc) is 3.03. The largest absolute Gasteiger partial charge is 0.355 e. The summed E-state index contributed by atoms with van der Waals surface area (Å²) in [5.41, 5.74) is 0. The predicted molar refractivity (Wildman–Crippen MR) is 123 cm³/mol. The third-order valence-corrected chi connectivity index (χ3v) is 7.03. The van der Waals surface area contributed by atoms with Crippen LogP contribution in [0.2, 0.25) is 0 Å². The molecule has 1 aliphatic heterocycles. The first-order valence-electron chi connectivity index (χ1n) is 10.1. The second-order valence-electron chi connectivity index (χ2n) is 7.52. The summed E-state index contributed by atoms with van der Waals surface area (Å²) < 4.78 is 26.9. The highest BCUT2D eigenvalue weighted by atomic mass is 127. The van der Waals surface area contributed by atoms with E-state index in [2.05, 4.69) is 38.7 Å². The topological polar surface area (TPSA) is 77.0 Å². The number of aliphatic imine (C=N–C) groups is 1. The fraction of sp³-hybridized carbons (Fsp3) is 0.944. The Kier molecular flexibility index (Phi) is 11.5. The van der Waals surface area contributed by atoms with Crippen LogP contribution in [-0.4, -0.2) is 82.8 Å². The third kappa shape index (κ3) is 8.41. The summed E-state index contributed by atoms with van der Waals surface area (Å²) in [6.45, 7) is 10.7. The van der Waals surface area contributed by atoms with Crippen molar-refractivity contribution in [2.45, 2.75) is 39.5 Å². The molecule has 0 amide bonds. The smallest absolute Gasteiger partial charge is 0.213 e. The molecule has 1 atom stereocenters. The zero-order chi connectivity index (χ0) is 19.0. The lowest BCUT2D eigenvalue weighted by molar-refractivity contribution is 0.255. The van der Waals surface area contributed by atoms with Crippen LogP contribution in [0, 0.1) is 11.8 Å². The molecule has 1 saturated heterocycles. The van der Waals surface area contributed by atoms with Crippen molar-refractivity contribution in [2.24, 2.45) is 16.8 Å². The van der Waals surface area contributed by atoms with E-state index in [4.69, 9.17) is 0 Å². The van der Waals surface area contributed by atoms with Crippen LogP contribution < -0.4 is 10.0 Å². The molecule has 2 fully saturated rings. The number of hydrogen-bond donors (Lipinski definition) is 2. The number of rotatable bonds is 10. The first-order chi connectivity index (χ1) is 12.5. The highest BCUT2D eigenvalue weighted by molar-refractivity contribution is 14.0. The summed E-state index contributed by atoms with van der Waals surface area (Å²) in [4.78, 5) is 9.06. The molecule has 0 radical (unpaired) electrons. The maximum absolute atomic E-state index is 12.1. The number of halogens is 1. The van der Waals surface area contributed by atoms with Gasteiger partial charge in [-0.05, 0) is 44.2 Å². The maximum Gasteiger partial charge on any atom is 0.213 e. The Hall–Kier alpha value is -0.130. The lowest BCUT2D eigenvalue weighted by Gasteiger charge is -2.25. The quantitative estimate of drug-likeness (QED) is 0.263. The fourth-order valence-electron chi connectivity index (χ4n) is 3.66. The van der Waals surface area contributed by atoms with Gasteiger partial charge >= 0.3 is 0 Å². The Morgan fingerprint density at radius 3 is 2.44 bits per heavy atom. The molecule has 2 N–H and O–H groups in total. The summed E-state index contributed by atoms with van der Waals surface area (Å²) in [6.07, 6.45) is 4.70. The number of guanidine groups is 1. The van der Waals surface area contributed by atoms with Gasteiger partial charge in [0.2, 0.25) is 10.0 Å². The summed E-state index contributed by atoms with van der Waals surface area (Å²) in [6, 6.07) is 0. The second kappa shape index (κ2) is 12.4. The highest BCUT2D eigenvalue weighted by Gasteiger charge is 2.26. The molecule has 9 heteroatoms. The molecule has 27 heavy (non-hydrogen) atoms. The van der Waals surface area contributed by atoms with E-state index in [1.165, 1.54) is 12.8 Å². The van der Waals surface area contributed by atoms with Crippen LogP contribution in [0.4, 0.5) is 0 Å². The molecule has 160 valence electrons. The summed E-state index contributed by atoms with van der Waals surface area (Å²) in [5, 5.41) is 3.23. The normalized spacial score (nSPS) is 21.3. The van der Waals surface area contributed by atoms with Crippen molar-refractivity contribution >= 4 is 40.0 Å². The second-order valence-corrected chi connectivity index (χ2v) is 9.45. The first-order valence-corrected chi connectivity index (χ1v) is 11.8. The van der Waals surface area contributed by atoms with Gasteiger partial charge in [-0.1, -0.05) is 20.3 Å². The van der Waals surface area contributed by atoms with Gasteiger partial charge in [0.25, 0.3) is 0 Å². The average molecular weight is 516 g/mol. The molecule has 0 aromatic rings. The van der Waals surface area contributed by atoms with Crippen molar-refractivity contribution in [1.29, 1.82) is 0 Å². The van der Waals surface area contributed by atoms with Crippen molar-refractivity contribution in [3.05, 3.63) is 0 Å². The summed E-state index contributed by atoms with van der Waals surface area (Å²) in [5.74, 6) is 2.11.